The SMILES string of the molecule is Cc1cc(Br)ccc1NC(=O)N(C)C. The molecule has 0 atom stereocenters. The Morgan fingerprint density at radius 2 is 2.07 bits per heavy atom. The quantitative estimate of drug-likeness (QED) is 0.824. The largest absolute Gasteiger partial charge is 0.331 e. The van der Waals surface area contributed by atoms with E-state index < -0.39 is 0 Å². The van der Waals surface area contributed by atoms with Gasteiger partial charge in [0.05, 0.1) is 0 Å². The number of halogens is 1. The summed E-state index contributed by atoms with van der Waals surface area (Å²) in [5, 5.41) is 2.80. The first-order valence-electron chi connectivity index (χ1n) is 4.25. The predicted octanol–water partition coefficient (Wildman–Crippen LogP) is 2.85. The zero-order valence-electron chi connectivity index (χ0n) is 8.47. The van der Waals surface area contributed by atoms with E-state index >= 15 is 0 Å². The molecule has 2 amide bonds. The lowest BCUT2D eigenvalue weighted by molar-refractivity contribution is 0.230. The minimum absolute atomic E-state index is 0.115. The topological polar surface area (TPSA) is 32.3 Å². The van der Waals surface area contributed by atoms with Crippen molar-refractivity contribution in [1.82, 2.24) is 4.90 Å². The van der Waals surface area contributed by atoms with E-state index in [1.54, 1.807) is 14.1 Å². The first kappa shape index (κ1) is 11.0. The Kier molecular flexibility index (Phi) is 3.52. The van der Waals surface area contributed by atoms with Crippen molar-refractivity contribution in [3.63, 3.8) is 0 Å². The molecule has 1 rings (SSSR count). The van der Waals surface area contributed by atoms with E-state index in [0.29, 0.717) is 0 Å². The molecular formula is C10H13BrN2O. The van der Waals surface area contributed by atoms with Crippen LogP contribution in [-0.2, 0) is 0 Å². The fraction of sp³-hybridized carbons (Fsp3) is 0.300. The van der Waals surface area contributed by atoms with Crippen LogP contribution in [0.1, 0.15) is 5.56 Å². The van der Waals surface area contributed by atoms with Gasteiger partial charge >= 0.3 is 6.03 Å². The molecule has 14 heavy (non-hydrogen) atoms. The highest BCUT2D eigenvalue weighted by Gasteiger charge is 2.05. The van der Waals surface area contributed by atoms with Gasteiger partial charge in [-0.2, -0.15) is 0 Å². The van der Waals surface area contributed by atoms with Crippen molar-refractivity contribution in [2.75, 3.05) is 19.4 Å². The highest BCUT2D eigenvalue weighted by molar-refractivity contribution is 9.10. The van der Waals surface area contributed by atoms with Crippen molar-refractivity contribution in [1.29, 1.82) is 0 Å². The first-order chi connectivity index (χ1) is 6.50. The number of nitrogens with one attached hydrogen (secondary N) is 1. The number of rotatable bonds is 1. The van der Waals surface area contributed by atoms with Gasteiger partial charge in [-0.3, -0.25) is 0 Å². The minimum atomic E-state index is -0.115. The molecule has 0 aliphatic carbocycles. The summed E-state index contributed by atoms with van der Waals surface area (Å²) in [6.07, 6.45) is 0. The van der Waals surface area contributed by atoms with Gasteiger partial charge in [0.2, 0.25) is 0 Å². The highest BCUT2D eigenvalue weighted by atomic mass is 79.9. The predicted molar refractivity (Wildman–Crippen MR) is 61.6 cm³/mol. The zero-order chi connectivity index (χ0) is 10.7. The van der Waals surface area contributed by atoms with E-state index in [1.165, 1.54) is 4.90 Å². The second-order valence-electron chi connectivity index (χ2n) is 3.28. The molecule has 0 bridgehead atoms. The van der Waals surface area contributed by atoms with Gasteiger partial charge in [-0.25, -0.2) is 4.79 Å². The molecule has 0 saturated carbocycles. The van der Waals surface area contributed by atoms with Gasteiger partial charge in [0.1, 0.15) is 0 Å². The van der Waals surface area contributed by atoms with Crippen molar-refractivity contribution in [3.8, 4) is 0 Å². The maximum absolute atomic E-state index is 11.4. The molecule has 0 aliphatic heterocycles. The summed E-state index contributed by atoms with van der Waals surface area (Å²) >= 11 is 3.37. The number of aryl methyl sites for hydroxylation is 1. The third-order valence-electron chi connectivity index (χ3n) is 1.84. The Balaban J connectivity index is 2.82. The second kappa shape index (κ2) is 4.46. The van der Waals surface area contributed by atoms with Crippen molar-refractivity contribution >= 4 is 27.6 Å². The molecule has 0 spiro atoms. The average Bonchev–Trinajstić information content (AvgIpc) is 2.09. The van der Waals surface area contributed by atoms with Gasteiger partial charge in [0.15, 0.2) is 0 Å². The standard InChI is InChI=1S/C10H13BrN2O/c1-7-6-8(11)4-5-9(7)12-10(14)13(2)3/h4-6H,1-3H3,(H,12,14). The van der Waals surface area contributed by atoms with Crippen LogP contribution in [-0.4, -0.2) is 25.0 Å². The molecule has 4 heteroatoms. The Morgan fingerprint density at radius 3 is 2.57 bits per heavy atom. The summed E-state index contributed by atoms with van der Waals surface area (Å²) in [4.78, 5) is 12.9. The van der Waals surface area contributed by atoms with Crippen LogP contribution in [0.4, 0.5) is 10.5 Å². The number of urea groups is 1. The maximum Gasteiger partial charge on any atom is 0.321 e. The molecule has 3 nitrogen and oxygen atoms in total. The van der Waals surface area contributed by atoms with Gasteiger partial charge in [0, 0.05) is 24.3 Å². The van der Waals surface area contributed by atoms with Crippen molar-refractivity contribution < 1.29 is 4.79 Å². The minimum Gasteiger partial charge on any atom is -0.331 e. The normalized spacial score (nSPS) is 9.71. The van der Waals surface area contributed by atoms with Crippen LogP contribution in [0, 0.1) is 6.92 Å². The van der Waals surface area contributed by atoms with Gasteiger partial charge in [-0.05, 0) is 30.7 Å². The molecule has 0 aliphatic rings. The lowest BCUT2D eigenvalue weighted by atomic mass is 10.2. The molecular weight excluding hydrogens is 244 g/mol. The number of hydrogen-bond acceptors (Lipinski definition) is 1. The van der Waals surface area contributed by atoms with Gasteiger partial charge in [-0.15, -0.1) is 0 Å². The van der Waals surface area contributed by atoms with Gasteiger partial charge in [-0.1, -0.05) is 15.9 Å². The maximum atomic E-state index is 11.4. The Hall–Kier alpha value is -1.03. The fourth-order valence-electron chi connectivity index (χ4n) is 0.994. The third kappa shape index (κ3) is 2.73. The van der Waals surface area contributed by atoms with Crippen LogP contribution < -0.4 is 5.32 Å². The number of hydrogen-bond donors (Lipinski definition) is 1. The average molecular weight is 257 g/mol. The molecule has 76 valence electrons. The van der Waals surface area contributed by atoms with E-state index in [2.05, 4.69) is 21.2 Å². The number of amides is 2. The Labute approximate surface area is 92.2 Å². The monoisotopic (exact) mass is 256 g/mol. The Morgan fingerprint density at radius 1 is 1.43 bits per heavy atom. The number of benzene rings is 1. The second-order valence-corrected chi connectivity index (χ2v) is 4.20. The lowest BCUT2D eigenvalue weighted by Gasteiger charge is -2.13. The van der Waals surface area contributed by atoms with Crippen molar-refractivity contribution in [2.45, 2.75) is 6.92 Å². The number of nitrogens with zero attached hydrogens (tertiary/aromatic N) is 1. The van der Waals surface area contributed by atoms with E-state index in [-0.39, 0.29) is 6.03 Å². The molecule has 0 heterocycles. The third-order valence-corrected chi connectivity index (χ3v) is 2.33. The van der Waals surface area contributed by atoms with Crippen LogP contribution in [0.3, 0.4) is 0 Å². The molecule has 0 radical (unpaired) electrons. The zero-order valence-corrected chi connectivity index (χ0v) is 10.1. The van der Waals surface area contributed by atoms with Crippen molar-refractivity contribution in [2.24, 2.45) is 0 Å². The lowest BCUT2D eigenvalue weighted by Crippen LogP contribution is -2.27. The van der Waals surface area contributed by atoms with E-state index in [9.17, 15) is 4.79 Å². The molecule has 0 unspecified atom stereocenters. The van der Waals surface area contributed by atoms with Crippen LogP contribution in [0.25, 0.3) is 0 Å². The number of carbonyl (C=O) groups is 1. The molecule has 1 N–H and O–H groups in total. The summed E-state index contributed by atoms with van der Waals surface area (Å²) < 4.78 is 1.01. The van der Waals surface area contributed by atoms with E-state index in [0.717, 1.165) is 15.7 Å². The van der Waals surface area contributed by atoms with Crippen molar-refractivity contribution in [3.05, 3.63) is 28.2 Å². The van der Waals surface area contributed by atoms with Crippen LogP contribution in [0.2, 0.25) is 0 Å². The molecule has 1 aromatic rings. The smallest absolute Gasteiger partial charge is 0.321 e. The number of anilines is 1. The summed E-state index contributed by atoms with van der Waals surface area (Å²) in [7, 11) is 3.42. The van der Waals surface area contributed by atoms with E-state index in [4.69, 9.17) is 0 Å². The van der Waals surface area contributed by atoms with Gasteiger partial charge < -0.3 is 10.2 Å². The van der Waals surface area contributed by atoms with Crippen LogP contribution in [0.15, 0.2) is 22.7 Å². The Bertz CT molecular complexity index is 350. The molecule has 0 fully saturated rings. The fourth-order valence-corrected chi connectivity index (χ4v) is 1.47. The molecule has 0 saturated heterocycles. The number of carbonyl (C=O) groups excluding carboxylic acids is 1. The van der Waals surface area contributed by atoms with Crippen LogP contribution >= 0.6 is 15.9 Å². The summed E-state index contributed by atoms with van der Waals surface area (Å²) in [6, 6.07) is 5.63. The summed E-state index contributed by atoms with van der Waals surface area (Å²) in [5.41, 5.74) is 1.88. The highest BCUT2D eigenvalue weighted by Crippen LogP contribution is 2.19. The van der Waals surface area contributed by atoms with Crippen LogP contribution in [0.5, 0.6) is 0 Å². The van der Waals surface area contributed by atoms with Gasteiger partial charge in [0.25, 0.3) is 0 Å². The summed E-state index contributed by atoms with van der Waals surface area (Å²) in [5.74, 6) is 0. The van der Waals surface area contributed by atoms with E-state index in [1.807, 2.05) is 25.1 Å². The molecule has 0 aromatic heterocycles. The summed E-state index contributed by atoms with van der Waals surface area (Å²) in [6.45, 7) is 1.95. The molecule has 1 aromatic carbocycles. The first-order valence-corrected chi connectivity index (χ1v) is 5.04.